The molecule has 0 atom stereocenters. The summed E-state index contributed by atoms with van der Waals surface area (Å²) in [5, 5.41) is 0. The van der Waals surface area contributed by atoms with Crippen molar-refractivity contribution in [2.45, 2.75) is 25.2 Å². The standard InChI is InChI=1S/C10H13FO3S/c1-4-8-6-10(15(11,12)13)7(2)5-9(8)14-3/h5-6H,4H2,1-3H3. The maximum absolute atomic E-state index is 12.9. The van der Waals surface area contributed by atoms with Crippen LogP contribution in [-0.4, -0.2) is 15.5 Å². The highest BCUT2D eigenvalue weighted by Gasteiger charge is 2.17. The molecule has 15 heavy (non-hydrogen) atoms. The van der Waals surface area contributed by atoms with E-state index >= 15 is 0 Å². The summed E-state index contributed by atoms with van der Waals surface area (Å²) in [4.78, 5) is -0.278. The summed E-state index contributed by atoms with van der Waals surface area (Å²) < 4.78 is 39.6. The number of hydrogen-bond acceptors (Lipinski definition) is 3. The van der Waals surface area contributed by atoms with E-state index < -0.39 is 10.2 Å². The quantitative estimate of drug-likeness (QED) is 0.750. The van der Waals surface area contributed by atoms with E-state index in [9.17, 15) is 12.3 Å². The third-order valence-corrected chi connectivity index (χ3v) is 3.19. The fourth-order valence-corrected chi connectivity index (χ4v) is 2.16. The molecule has 5 heteroatoms. The second-order valence-corrected chi connectivity index (χ2v) is 4.54. The zero-order valence-electron chi connectivity index (χ0n) is 8.87. The molecule has 1 aromatic carbocycles. The first-order chi connectivity index (χ1) is 6.90. The zero-order chi connectivity index (χ0) is 11.6. The number of aryl methyl sites for hydroxylation is 2. The molecule has 0 aliphatic rings. The summed E-state index contributed by atoms with van der Waals surface area (Å²) in [6, 6.07) is 2.86. The van der Waals surface area contributed by atoms with Gasteiger partial charge < -0.3 is 4.74 Å². The van der Waals surface area contributed by atoms with Gasteiger partial charge in [-0.05, 0) is 36.6 Å². The predicted octanol–water partition coefficient (Wildman–Crippen LogP) is 2.22. The van der Waals surface area contributed by atoms with Gasteiger partial charge in [-0.2, -0.15) is 8.42 Å². The Hall–Kier alpha value is -1.10. The lowest BCUT2D eigenvalue weighted by atomic mass is 10.1. The minimum atomic E-state index is -4.65. The second kappa shape index (κ2) is 4.18. The van der Waals surface area contributed by atoms with Crippen molar-refractivity contribution in [3.05, 3.63) is 23.3 Å². The first-order valence-corrected chi connectivity index (χ1v) is 5.90. The molecule has 0 saturated carbocycles. The number of halogens is 1. The molecule has 0 radical (unpaired) electrons. The Morgan fingerprint density at radius 2 is 2.00 bits per heavy atom. The predicted molar refractivity (Wildman–Crippen MR) is 55.4 cm³/mol. The second-order valence-electron chi connectivity index (χ2n) is 3.22. The van der Waals surface area contributed by atoms with Gasteiger partial charge in [0.05, 0.1) is 7.11 Å². The normalized spacial score (nSPS) is 11.5. The lowest BCUT2D eigenvalue weighted by Gasteiger charge is -2.10. The van der Waals surface area contributed by atoms with E-state index in [4.69, 9.17) is 4.74 Å². The van der Waals surface area contributed by atoms with Crippen LogP contribution in [0.5, 0.6) is 5.75 Å². The Bertz CT molecular complexity index is 466. The van der Waals surface area contributed by atoms with Crippen molar-refractivity contribution in [1.82, 2.24) is 0 Å². The molecule has 0 aliphatic carbocycles. The summed E-state index contributed by atoms with van der Waals surface area (Å²) in [6.45, 7) is 3.39. The van der Waals surface area contributed by atoms with Crippen molar-refractivity contribution in [1.29, 1.82) is 0 Å². The Kier molecular flexibility index (Phi) is 3.34. The molecule has 1 aromatic rings. The van der Waals surface area contributed by atoms with E-state index in [0.717, 1.165) is 0 Å². The van der Waals surface area contributed by atoms with Gasteiger partial charge in [0.15, 0.2) is 0 Å². The van der Waals surface area contributed by atoms with E-state index in [1.165, 1.54) is 26.2 Å². The van der Waals surface area contributed by atoms with E-state index in [0.29, 0.717) is 23.3 Å². The maximum Gasteiger partial charge on any atom is 0.332 e. The highest BCUT2D eigenvalue weighted by molar-refractivity contribution is 7.86. The smallest absolute Gasteiger partial charge is 0.332 e. The molecule has 0 unspecified atom stereocenters. The SMILES string of the molecule is CCc1cc(S(=O)(=O)F)c(C)cc1OC. The maximum atomic E-state index is 12.9. The highest BCUT2D eigenvalue weighted by Crippen LogP contribution is 2.27. The lowest BCUT2D eigenvalue weighted by Crippen LogP contribution is -2.00. The van der Waals surface area contributed by atoms with Crippen LogP contribution in [0.15, 0.2) is 17.0 Å². The van der Waals surface area contributed by atoms with Crippen molar-refractivity contribution in [2.75, 3.05) is 7.11 Å². The average molecular weight is 232 g/mol. The molecule has 0 spiro atoms. The first-order valence-electron chi connectivity index (χ1n) is 4.52. The van der Waals surface area contributed by atoms with Crippen LogP contribution in [0.3, 0.4) is 0 Å². The largest absolute Gasteiger partial charge is 0.496 e. The van der Waals surface area contributed by atoms with Gasteiger partial charge in [-0.25, -0.2) is 0 Å². The van der Waals surface area contributed by atoms with Gasteiger partial charge in [-0.1, -0.05) is 6.92 Å². The van der Waals surface area contributed by atoms with Crippen LogP contribution in [0, 0.1) is 6.92 Å². The summed E-state index contributed by atoms with van der Waals surface area (Å²) in [6.07, 6.45) is 0.589. The van der Waals surface area contributed by atoms with Crippen LogP contribution in [-0.2, 0) is 16.6 Å². The van der Waals surface area contributed by atoms with E-state index in [2.05, 4.69) is 0 Å². The van der Waals surface area contributed by atoms with E-state index in [1.807, 2.05) is 6.92 Å². The average Bonchev–Trinajstić information content (AvgIpc) is 2.15. The van der Waals surface area contributed by atoms with Crippen LogP contribution < -0.4 is 4.74 Å². The molecule has 0 saturated heterocycles. The van der Waals surface area contributed by atoms with Crippen LogP contribution in [0.4, 0.5) is 3.89 Å². The third kappa shape index (κ3) is 2.47. The minimum absolute atomic E-state index is 0.278. The van der Waals surface area contributed by atoms with Gasteiger partial charge in [0.25, 0.3) is 0 Å². The summed E-state index contributed by atoms with van der Waals surface area (Å²) in [5.74, 6) is 0.586. The van der Waals surface area contributed by atoms with Gasteiger partial charge in [0.1, 0.15) is 10.6 Å². The fourth-order valence-electron chi connectivity index (χ4n) is 1.43. The van der Waals surface area contributed by atoms with Gasteiger partial charge in [-0.15, -0.1) is 3.89 Å². The van der Waals surface area contributed by atoms with E-state index in [-0.39, 0.29) is 4.90 Å². The van der Waals surface area contributed by atoms with Crippen molar-refractivity contribution < 1.29 is 17.0 Å². The van der Waals surface area contributed by atoms with Crippen LogP contribution in [0.2, 0.25) is 0 Å². The number of ether oxygens (including phenoxy) is 1. The number of benzene rings is 1. The van der Waals surface area contributed by atoms with Gasteiger partial charge >= 0.3 is 10.2 Å². The first kappa shape index (κ1) is 12.0. The van der Waals surface area contributed by atoms with Gasteiger partial charge in [0.2, 0.25) is 0 Å². The molecule has 0 aliphatic heterocycles. The van der Waals surface area contributed by atoms with Crippen LogP contribution >= 0.6 is 0 Å². The highest BCUT2D eigenvalue weighted by atomic mass is 32.3. The lowest BCUT2D eigenvalue weighted by molar-refractivity contribution is 0.409. The van der Waals surface area contributed by atoms with Crippen molar-refractivity contribution in [3.8, 4) is 5.75 Å². The van der Waals surface area contributed by atoms with E-state index in [1.54, 1.807) is 0 Å². The molecule has 0 aromatic heterocycles. The Morgan fingerprint density at radius 3 is 2.40 bits per heavy atom. The molecule has 0 heterocycles. The number of methoxy groups -OCH3 is 1. The summed E-state index contributed by atoms with van der Waals surface area (Å²) in [5.41, 5.74) is 1.03. The monoisotopic (exact) mass is 232 g/mol. The van der Waals surface area contributed by atoms with Crippen LogP contribution in [0.25, 0.3) is 0 Å². The minimum Gasteiger partial charge on any atom is -0.496 e. The Balaban J connectivity index is 3.46. The van der Waals surface area contributed by atoms with Gasteiger partial charge in [0, 0.05) is 0 Å². The molecule has 0 fully saturated rings. The molecular formula is C10H13FO3S. The number of rotatable bonds is 3. The Labute approximate surface area is 89.1 Å². The zero-order valence-corrected chi connectivity index (χ0v) is 9.69. The van der Waals surface area contributed by atoms with Crippen molar-refractivity contribution in [3.63, 3.8) is 0 Å². The molecule has 0 amide bonds. The molecule has 3 nitrogen and oxygen atoms in total. The molecule has 1 rings (SSSR count). The third-order valence-electron chi connectivity index (χ3n) is 2.22. The Morgan fingerprint density at radius 1 is 1.40 bits per heavy atom. The van der Waals surface area contributed by atoms with Crippen molar-refractivity contribution >= 4 is 10.2 Å². The molecule has 84 valence electrons. The summed E-state index contributed by atoms with van der Waals surface area (Å²) >= 11 is 0. The van der Waals surface area contributed by atoms with Crippen LogP contribution in [0.1, 0.15) is 18.1 Å². The fraction of sp³-hybridized carbons (Fsp3) is 0.400. The summed E-state index contributed by atoms with van der Waals surface area (Å²) in [7, 11) is -3.15. The topological polar surface area (TPSA) is 43.4 Å². The molecular weight excluding hydrogens is 219 g/mol. The molecule has 0 bridgehead atoms. The van der Waals surface area contributed by atoms with Gasteiger partial charge in [-0.3, -0.25) is 0 Å². The van der Waals surface area contributed by atoms with Crippen molar-refractivity contribution in [2.24, 2.45) is 0 Å². The number of hydrogen-bond donors (Lipinski definition) is 0. The molecule has 0 N–H and O–H groups in total.